The fraction of sp³-hybridized carbons (Fsp3) is 0.276. The highest BCUT2D eigenvalue weighted by Gasteiger charge is 2.23. The largest absolute Gasteiger partial charge is 0.490 e. The van der Waals surface area contributed by atoms with Gasteiger partial charge in [-0.3, -0.25) is 4.79 Å². The Morgan fingerprint density at radius 2 is 1.92 bits per heavy atom. The van der Waals surface area contributed by atoms with Crippen molar-refractivity contribution in [1.82, 2.24) is 20.7 Å². The molecule has 8 nitrogen and oxygen atoms in total. The minimum Gasteiger partial charge on any atom is -0.490 e. The Hall–Kier alpha value is -4.01. The van der Waals surface area contributed by atoms with E-state index in [-0.39, 0.29) is 18.4 Å². The van der Waals surface area contributed by atoms with Gasteiger partial charge in [0.15, 0.2) is 0 Å². The van der Waals surface area contributed by atoms with Gasteiger partial charge >= 0.3 is 0 Å². The zero-order chi connectivity index (χ0) is 25.6. The normalized spacial score (nSPS) is 16.3. The minimum absolute atomic E-state index is 0.0255. The van der Waals surface area contributed by atoms with Crippen LogP contribution in [-0.2, 0) is 11.2 Å². The summed E-state index contributed by atoms with van der Waals surface area (Å²) < 4.78 is 5.90. The molecule has 8 heteroatoms. The molecule has 0 spiro atoms. The van der Waals surface area contributed by atoms with E-state index in [1.54, 1.807) is 6.20 Å². The van der Waals surface area contributed by atoms with Crippen molar-refractivity contribution >= 4 is 22.4 Å². The summed E-state index contributed by atoms with van der Waals surface area (Å²) in [4.78, 5) is 19.5. The summed E-state index contributed by atoms with van der Waals surface area (Å²) in [6.07, 6.45) is 2.33. The Labute approximate surface area is 215 Å². The quantitative estimate of drug-likeness (QED) is 0.250. The smallest absolute Gasteiger partial charge is 0.240 e. The maximum atomic E-state index is 11.6. The second-order valence-corrected chi connectivity index (χ2v) is 9.34. The SMILES string of the molecule is CC1CC(=O)NN=C1c1cnc(-c2ccccc2CCNCC(O)COc2cccc3ccccc23)[nH]1. The lowest BCUT2D eigenvalue weighted by Crippen LogP contribution is -2.32. The van der Waals surface area contributed by atoms with Gasteiger partial charge < -0.3 is 20.1 Å². The molecule has 37 heavy (non-hydrogen) atoms. The summed E-state index contributed by atoms with van der Waals surface area (Å²) in [6, 6.07) is 22.1. The van der Waals surface area contributed by atoms with Crippen LogP contribution in [0, 0.1) is 5.92 Å². The van der Waals surface area contributed by atoms with Crippen LogP contribution in [0.2, 0.25) is 0 Å². The standard InChI is InChI=1S/C29H31N5O3/c1-19-15-27(36)33-34-28(19)25-17-31-29(32-25)24-11-5-3-8-21(24)13-14-30-16-22(35)18-37-26-12-6-9-20-7-2-4-10-23(20)26/h2-12,17,19,22,30,35H,13-16,18H2,1H3,(H,31,32)(H,33,36). The number of fused-ring (bicyclic) bond motifs is 1. The van der Waals surface area contributed by atoms with Gasteiger partial charge in [-0.1, -0.05) is 67.6 Å². The second-order valence-electron chi connectivity index (χ2n) is 9.34. The number of hydrogen-bond acceptors (Lipinski definition) is 6. The van der Waals surface area contributed by atoms with Gasteiger partial charge in [-0.05, 0) is 30.0 Å². The first kappa shape index (κ1) is 24.7. The van der Waals surface area contributed by atoms with E-state index in [2.05, 4.69) is 31.9 Å². The number of aliphatic hydroxyl groups is 1. The molecule has 1 aliphatic heterocycles. The van der Waals surface area contributed by atoms with E-state index >= 15 is 0 Å². The molecule has 1 aliphatic rings. The molecule has 0 radical (unpaired) electrons. The molecule has 4 N–H and O–H groups in total. The molecule has 0 aliphatic carbocycles. The van der Waals surface area contributed by atoms with E-state index in [1.165, 1.54) is 0 Å². The van der Waals surface area contributed by atoms with E-state index in [1.807, 2.05) is 67.6 Å². The Balaban J connectivity index is 1.14. The van der Waals surface area contributed by atoms with E-state index in [0.29, 0.717) is 19.5 Å². The Morgan fingerprint density at radius 3 is 2.81 bits per heavy atom. The van der Waals surface area contributed by atoms with Gasteiger partial charge in [0.2, 0.25) is 5.91 Å². The molecule has 0 saturated heterocycles. The summed E-state index contributed by atoms with van der Waals surface area (Å²) in [6.45, 7) is 3.34. The number of imidazole rings is 1. The second kappa shape index (κ2) is 11.4. The van der Waals surface area contributed by atoms with Crippen LogP contribution >= 0.6 is 0 Å². The number of amides is 1. The molecule has 0 fully saturated rings. The van der Waals surface area contributed by atoms with Crippen LogP contribution in [-0.4, -0.2) is 52.5 Å². The van der Waals surface area contributed by atoms with Crippen LogP contribution < -0.4 is 15.5 Å². The van der Waals surface area contributed by atoms with E-state index in [4.69, 9.17) is 4.74 Å². The van der Waals surface area contributed by atoms with Crippen molar-refractivity contribution in [3.8, 4) is 17.1 Å². The van der Waals surface area contributed by atoms with Gasteiger partial charge in [0.25, 0.3) is 0 Å². The third kappa shape index (κ3) is 5.87. The van der Waals surface area contributed by atoms with Crippen LogP contribution in [0.4, 0.5) is 0 Å². The molecule has 1 aromatic heterocycles. The van der Waals surface area contributed by atoms with Crippen molar-refractivity contribution in [2.45, 2.75) is 25.9 Å². The fourth-order valence-corrected chi connectivity index (χ4v) is 4.59. The van der Waals surface area contributed by atoms with Crippen molar-refractivity contribution in [2.24, 2.45) is 11.0 Å². The lowest BCUT2D eigenvalue weighted by atomic mass is 9.98. The Morgan fingerprint density at radius 1 is 1.11 bits per heavy atom. The van der Waals surface area contributed by atoms with Gasteiger partial charge in [0, 0.05) is 29.8 Å². The number of H-pyrrole nitrogens is 1. The fourth-order valence-electron chi connectivity index (χ4n) is 4.59. The molecule has 4 aromatic rings. The van der Waals surface area contributed by atoms with Crippen LogP contribution in [0.1, 0.15) is 24.6 Å². The van der Waals surface area contributed by atoms with Gasteiger partial charge in [0.05, 0.1) is 17.6 Å². The molecule has 0 saturated carbocycles. The zero-order valence-electron chi connectivity index (χ0n) is 20.8. The lowest BCUT2D eigenvalue weighted by Gasteiger charge is -2.17. The molecular formula is C29H31N5O3. The highest BCUT2D eigenvalue weighted by Crippen LogP contribution is 2.25. The number of ether oxygens (including phenoxy) is 1. The van der Waals surface area contributed by atoms with Crippen LogP contribution in [0.3, 0.4) is 0 Å². The number of aromatic nitrogens is 2. The molecule has 5 rings (SSSR count). The first-order chi connectivity index (χ1) is 18.1. The van der Waals surface area contributed by atoms with Crippen LogP contribution in [0.5, 0.6) is 5.75 Å². The molecule has 3 aromatic carbocycles. The van der Waals surface area contributed by atoms with Gasteiger partial charge in [0.1, 0.15) is 24.3 Å². The van der Waals surface area contributed by atoms with Crippen LogP contribution in [0.15, 0.2) is 78.0 Å². The summed E-state index contributed by atoms with van der Waals surface area (Å²) in [5, 5.41) is 20.1. The average Bonchev–Trinajstić information content (AvgIpc) is 3.40. The third-order valence-electron chi connectivity index (χ3n) is 6.52. The average molecular weight is 498 g/mol. The molecule has 190 valence electrons. The van der Waals surface area contributed by atoms with Gasteiger partial charge in [-0.15, -0.1) is 0 Å². The Bertz CT molecular complexity index is 1410. The minimum atomic E-state index is -0.624. The molecule has 2 unspecified atom stereocenters. The molecule has 2 atom stereocenters. The number of aromatic amines is 1. The number of carbonyl (C=O) groups excluding carboxylic acids is 1. The third-order valence-corrected chi connectivity index (χ3v) is 6.52. The summed E-state index contributed by atoms with van der Waals surface area (Å²) in [5.41, 5.74) is 6.33. The number of aliphatic hydroxyl groups excluding tert-OH is 1. The monoisotopic (exact) mass is 497 g/mol. The Kier molecular flexibility index (Phi) is 7.58. The number of carbonyl (C=O) groups is 1. The van der Waals surface area contributed by atoms with Crippen molar-refractivity contribution < 1.29 is 14.6 Å². The van der Waals surface area contributed by atoms with Crippen molar-refractivity contribution in [1.29, 1.82) is 0 Å². The first-order valence-corrected chi connectivity index (χ1v) is 12.6. The maximum Gasteiger partial charge on any atom is 0.240 e. The van der Waals surface area contributed by atoms with Crippen molar-refractivity contribution in [2.75, 3.05) is 19.7 Å². The van der Waals surface area contributed by atoms with Crippen molar-refractivity contribution in [3.63, 3.8) is 0 Å². The number of nitrogens with one attached hydrogen (secondary N) is 3. The highest BCUT2D eigenvalue weighted by molar-refractivity contribution is 6.04. The number of benzene rings is 3. The molecule has 2 heterocycles. The maximum absolute atomic E-state index is 11.6. The van der Waals surface area contributed by atoms with Crippen LogP contribution in [0.25, 0.3) is 22.2 Å². The highest BCUT2D eigenvalue weighted by atomic mass is 16.5. The summed E-state index contributed by atoms with van der Waals surface area (Å²) in [7, 11) is 0. The molecular weight excluding hydrogens is 466 g/mol. The number of hydrazone groups is 1. The van der Waals surface area contributed by atoms with Gasteiger partial charge in [-0.25, -0.2) is 10.4 Å². The van der Waals surface area contributed by atoms with E-state index < -0.39 is 6.10 Å². The van der Waals surface area contributed by atoms with E-state index in [9.17, 15) is 9.90 Å². The van der Waals surface area contributed by atoms with E-state index in [0.717, 1.165) is 51.3 Å². The number of nitrogens with zero attached hydrogens (tertiary/aromatic N) is 2. The lowest BCUT2D eigenvalue weighted by molar-refractivity contribution is -0.121. The summed E-state index contributed by atoms with van der Waals surface area (Å²) in [5.74, 6) is 1.50. The number of hydrogen-bond donors (Lipinski definition) is 4. The number of rotatable bonds is 10. The topological polar surface area (TPSA) is 112 Å². The first-order valence-electron chi connectivity index (χ1n) is 12.6. The molecule has 0 bridgehead atoms. The zero-order valence-corrected chi connectivity index (χ0v) is 20.8. The van der Waals surface area contributed by atoms with Crippen molar-refractivity contribution in [3.05, 3.63) is 84.2 Å². The predicted octanol–water partition coefficient (Wildman–Crippen LogP) is 3.66. The van der Waals surface area contributed by atoms with Gasteiger partial charge in [-0.2, -0.15) is 5.10 Å². The molecule has 1 amide bonds. The summed E-state index contributed by atoms with van der Waals surface area (Å²) >= 11 is 0. The predicted molar refractivity (Wildman–Crippen MR) is 145 cm³/mol.